The molecule has 0 radical (unpaired) electrons. The number of hydrogen-bond acceptors (Lipinski definition) is 7. The number of ketones is 1. The largest absolute Gasteiger partial charge is 0.497 e. The molecule has 1 aromatic carbocycles. The van der Waals surface area contributed by atoms with Crippen LogP contribution in [0, 0.1) is 0 Å². The third kappa shape index (κ3) is 4.27. The zero-order chi connectivity index (χ0) is 23.1. The van der Waals surface area contributed by atoms with E-state index in [4.69, 9.17) is 4.74 Å². The molecule has 1 atom stereocenters. The van der Waals surface area contributed by atoms with Gasteiger partial charge in [0.25, 0.3) is 5.56 Å². The summed E-state index contributed by atoms with van der Waals surface area (Å²) >= 11 is 1.19. The molecular weight excluding hydrogens is 416 g/mol. The first kappa shape index (κ1) is 22.7. The monoisotopic (exact) mass is 442 g/mol. The van der Waals surface area contributed by atoms with Crippen molar-refractivity contribution in [2.24, 2.45) is 14.1 Å². The maximum atomic E-state index is 13.0. The van der Waals surface area contributed by atoms with E-state index in [1.54, 1.807) is 45.3 Å². The number of thioether (sulfide) groups is 1. The SMILES string of the molecule is COc1ccc(C(=O)C(C)Sc2nc(C(C)(C)C)nc3c2c(=O)n(C)c(=O)n3C)cc1. The minimum absolute atomic E-state index is 0.0987. The van der Waals surface area contributed by atoms with Gasteiger partial charge in [0.05, 0.1) is 12.4 Å². The number of benzene rings is 1. The Hall–Kier alpha value is -2.94. The van der Waals surface area contributed by atoms with Gasteiger partial charge in [-0.1, -0.05) is 32.5 Å². The first-order valence-corrected chi connectivity index (χ1v) is 10.7. The normalized spacial score (nSPS) is 12.7. The highest BCUT2D eigenvalue weighted by molar-refractivity contribution is 8.00. The topological polar surface area (TPSA) is 96.1 Å². The van der Waals surface area contributed by atoms with Crippen LogP contribution in [-0.4, -0.2) is 37.2 Å². The molecule has 0 bridgehead atoms. The van der Waals surface area contributed by atoms with Gasteiger partial charge in [-0.25, -0.2) is 14.8 Å². The minimum Gasteiger partial charge on any atom is -0.497 e. The maximum Gasteiger partial charge on any atom is 0.332 e. The molecule has 0 saturated carbocycles. The fourth-order valence-electron chi connectivity index (χ4n) is 3.06. The third-order valence-corrected chi connectivity index (χ3v) is 6.06. The lowest BCUT2D eigenvalue weighted by Crippen LogP contribution is -2.38. The van der Waals surface area contributed by atoms with Crippen molar-refractivity contribution < 1.29 is 9.53 Å². The molecule has 0 fully saturated rings. The summed E-state index contributed by atoms with van der Waals surface area (Å²) < 4.78 is 7.52. The molecule has 0 aliphatic heterocycles. The van der Waals surface area contributed by atoms with Crippen LogP contribution in [0.5, 0.6) is 5.75 Å². The van der Waals surface area contributed by atoms with E-state index in [1.165, 1.54) is 23.4 Å². The van der Waals surface area contributed by atoms with Crippen molar-refractivity contribution in [1.29, 1.82) is 0 Å². The quantitative estimate of drug-likeness (QED) is 0.340. The van der Waals surface area contributed by atoms with Gasteiger partial charge in [0.1, 0.15) is 22.0 Å². The summed E-state index contributed by atoms with van der Waals surface area (Å²) in [5.74, 6) is 1.06. The van der Waals surface area contributed by atoms with Crippen LogP contribution in [0.2, 0.25) is 0 Å². The van der Waals surface area contributed by atoms with E-state index in [-0.39, 0.29) is 16.8 Å². The lowest BCUT2D eigenvalue weighted by Gasteiger charge is -2.20. The molecule has 0 N–H and O–H groups in total. The van der Waals surface area contributed by atoms with Crippen molar-refractivity contribution in [2.75, 3.05) is 7.11 Å². The Bertz CT molecular complexity index is 1270. The van der Waals surface area contributed by atoms with Crippen LogP contribution >= 0.6 is 11.8 Å². The predicted octanol–water partition coefficient (Wildman–Crippen LogP) is 2.70. The number of rotatable bonds is 5. The van der Waals surface area contributed by atoms with E-state index < -0.39 is 21.9 Å². The zero-order valence-electron chi connectivity index (χ0n) is 18.7. The smallest absolute Gasteiger partial charge is 0.332 e. The van der Waals surface area contributed by atoms with Crippen LogP contribution in [0.1, 0.15) is 43.9 Å². The van der Waals surface area contributed by atoms with Gasteiger partial charge in [-0.15, -0.1) is 0 Å². The second-order valence-corrected chi connectivity index (χ2v) is 9.69. The van der Waals surface area contributed by atoms with Crippen LogP contribution in [0.15, 0.2) is 38.9 Å². The molecule has 2 heterocycles. The number of aryl methyl sites for hydroxylation is 1. The highest BCUT2D eigenvalue weighted by Crippen LogP contribution is 2.31. The fraction of sp³-hybridized carbons (Fsp3) is 0.409. The number of aromatic nitrogens is 4. The minimum atomic E-state index is -0.513. The van der Waals surface area contributed by atoms with Crippen LogP contribution in [0.4, 0.5) is 0 Å². The zero-order valence-corrected chi connectivity index (χ0v) is 19.5. The summed E-state index contributed by atoms with van der Waals surface area (Å²) in [4.78, 5) is 47.5. The van der Waals surface area contributed by atoms with Crippen LogP contribution < -0.4 is 16.0 Å². The first-order valence-electron chi connectivity index (χ1n) is 9.79. The van der Waals surface area contributed by atoms with E-state index in [0.29, 0.717) is 22.2 Å². The molecule has 3 rings (SSSR count). The van der Waals surface area contributed by atoms with E-state index in [1.807, 2.05) is 20.8 Å². The van der Waals surface area contributed by atoms with Crippen LogP contribution in [0.25, 0.3) is 11.0 Å². The van der Waals surface area contributed by atoms with Gasteiger partial charge < -0.3 is 4.74 Å². The Morgan fingerprint density at radius 1 is 1.06 bits per heavy atom. The van der Waals surface area contributed by atoms with Gasteiger partial charge >= 0.3 is 5.69 Å². The molecule has 0 spiro atoms. The summed E-state index contributed by atoms with van der Waals surface area (Å²) in [6.07, 6.45) is 0. The number of nitrogens with zero attached hydrogens (tertiary/aromatic N) is 4. The number of carbonyl (C=O) groups is 1. The molecule has 31 heavy (non-hydrogen) atoms. The molecule has 0 saturated heterocycles. The van der Waals surface area contributed by atoms with Crippen molar-refractivity contribution in [1.82, 2.24) is 19.1 Å². The van der Waals surface area contributed by atoms with Crippen molar-refractivity contribution in [3.05, 3.63) is 56.5 Å². The van der Waals surface area contributed by atoms with Gasteiger partial charge in [0.15, 0.2) is 11.4 Å². The van der Waals surface area contributed by atoms with Crippen molar-refractivity contribution >= 4 is 28.6 Å². The lowest BCUT2D eigenvalue weighted by molar-refractivity contribution is 0.0994. The fourth-order valence-corrected chi connectivity index (χ4v) is 4.07. The standard InChI is InChI=1S/C22H26N4O4S/c1-12(16(27)13-8-10-14(30-7)11-9-13)31-18-15-17(23-20(24-18)22(2,3)4)25(5)21(29)26(6)19(15)28/h8-12H,1-7H3. The Balaban J connectivity index is 2.14. The van der Waals surface area contributed by atoms with Crippen molar-refractivity contribution in [3.8, 4) is 5.75 Å². The summed E-state index contributed by atoms with van der Waals surface area (Å²) in [5.41, 5.74) is -0.557. The molecule has 8 nitrogen and oxygen atoms in total. The molecule has 0 aliphatic carbocycles. The first-order chi connectivity index (χ1) is 14.5. The summed E-state index contributed by atoms with van der Waals surface area (Å²) in [6, 6.07) is 6.88. The van der Waals surface area contributed by atoms with Crippen molar-refractivity contribution in [3.63, 3.8) is 0 Å². The average molecular weight is 443 g/mol. The second kappa shape index (κ2) is 8.30. The number of Topliss-reactive ketones (excluding diaryl/α,β-unsaturated/α-hetero) is 1. The number of methoxy groups -OCH3 is 1. The highest BCUT2D eigenvalue weighted by Gasteiger charge is 2.26. The number of hydrogen-bond donors (Lipinski definition) is 0. The predicted molar refractivity (Wildman–Crippen MR) is 121 cm³/mol. The average Bonchev–Trinajstić information content (AvgIpc) is 2.74. The lowest BCUT2D eigenvalue weighted by atomic mass is 9.96. The molecular formula is C22H26N4O4S. The van der Waals surface area contributed by atoms with Crippen molar-refractivity contribution in [2.45, 2.75) is 43.4 Å². The second-order valence-electron chi connectivity index (χ2n) is 8.36. The van der Waals surface area contributed by atoms with Gasteiger partial charge in [-0.05, 0) is 31.2 Å². The maximum absolute atomic E-state index is 13.0. The third-order valence-electron chi connectivity index (χ3n) is 4.97. The van der Waals surface area contributed by atoms with E-state index in [9.17, 15) is 14.4 Å². The summed E-state index contributed by atoms with van der Waals surface area (Å²) in [6.45, 7) is 7.63. The van der Waals surface area contributed by atoms with E-state index in [0.717, 1.165) is 4.57 Å². The number of carbonyl (C=O) groups excluding carboxylic acids is 1. The number of fused-ring (bicyclic) bond motifs is 1. The summed E-state index contributed by atoms with van der Waals surface area (Å²) in [5, 5.41) is 0.110. The summed E-state index contributed by atoms with van der Waals surface area (Å²) in [7, 11) is 4.56. The molecule has 0 aliphatic rings. The molecule has 0 amide bonds. The highest BCUT2D eigenvalue weighted by atomic mass is 32.2. The molecule has 9 heteroatoms. The molecule has 1 unspecified atom stereocenters. The van der Waals surface area contributed by atoms with Crippen LogP contribution in [-0.2, 0) is 19.5 Å². The Morgan fingerprint density at radius 2 is 1.68 bits per heavy atom. The van der Waals surface area contributed by atoms with Gasteiger partial charge in [-0.3, -0.25) is 18.7 Å². The van der Waals surface area contributed by atoms with Gasteiger partial charge in [0, 0.05) is 25.1 Å². The van der Waals surface area contributed by atoms with Gasteiger partial charge in [0.2, 0.25) is 0 Å². The van der Waals surface area contributed by atoms with Crippen LogP contribution in [0.3, 0.4) is 0 Å². The Morgan fingerprint density at radius 3 is 2.23 bits per heavy atom. The molecule has 3 aromatic rings. The Kier molecular flexibility index (Phi) is 6.09. The molecule has 164 valence electrons. The van der Waals surface area contributed by atoms with E-state index in [2.05, 4.69) is 9.97 Å². The van der Waals surface area contributed by atoms with E-state index >= 15 is 0 Å². The Labute approximate surface area is 184 Å². The van der Waals surface area contributed by atoms with Gasteiger partial charge in [-0.2, -0.15) is 0 Å². The molecule has 2 aromatic heterocycles. The number of ether oxygens (including phenoxy) is 1.